The van der Waals surface area contributed by atoms with Gasteiger partial charge in [-0.3, -0.25) is 15.6 Å². The number of benzene rings is 3. The molecular formula is C24H12Cl3F9N2O. The molecule has 0 aliphatic rings. The molecule has 1 unspecified atom stereocenters. The Balaban J connectivity index is 1.98. The van der Waals surface area contributed by atoms with Crippen molar-refractivity contribution < 1.29 is 44.3 Å². The smallest absolute Gasteiger partial charge is 0.295 e. The zero-order valence-corrected chi connectivity index (χ0v) is 21.0. The predicted octanol–water partition coefficient (Wildman–Crippen LogP) is 9.36. The highest BCUT2D eigenvalue weighted by atomic mass is 35.5. The summed E-state index contributed by atoms with van der Waals surface area (Å²) in [7, 11) is 0. The minimum Gasteiger partial charge on any atom is -0.295 e. The molecule has 0 aliphatic heterocycles. The van der Waals surface area contributed by atoms with E-state index in [0.29, 0.717) is 18.2 Å². The first-order chi connectivity index (χ1) is 18.0. The number of hydrogen-bond acceptors (Lipinski definition) is 2. The molecule has 0 spiro atoms. The Kier molecular flexibility index (Phi) is 9.03. The Bertz CT molecular complexity index is 1420. The van der Waals surface area contributed by atoms with Gasteiger partial charge in [-0.2, -0.15) is 26.3 Å². The first kappa shape index (κ1) is 30.5. The third-order valence-corrected chi connectivity index (χ3v) is 6.31. The van der Waals surface area contributed by atoms with Crippen LogP contribution >= 0.6 is 34.8 Å². The molecular weight excluding hydrogens is 610 g/mol. The van der Waals surface area contributed by atoms with Crippen LogP contribution in [0.5, 0.6) is 0 Å². The van der Waals surface area contributed by atoms with E-state index in [4.69, 9.17) is 34.8 Å². The molecule has 0 heterocycles. The van der Waals surface area contributed by atoms with Crippen LogP contribution < -0.4 is 10.9 Å². The van der Waals surface area contributed by atoms with Gasteiger partial charge in [0.2, 0.25) is 0 Å². The summed E-state index contributed by atoms with van der Waals surface area (Å²) in [6.45, 7) is 0. The van der Waals surface area contributed by atoms with Gasteiger partial charge in [-0.1, -0.05) is 40.9 Å². The molecule has 0 radical (unpaired) electrons. The molecule has 0 fully saturated rings. The van der Waals surface area contributed by atoms with Crippen molar-refractivity contribution in [3.63, 3.8) is 0 Å². The van der Waals surface area contributed by atoms with E-state index in [0.717, 1.165) is 24.3 Å². The number of alkyl halides is 6. The molecule has 15 heteroatoms. The third kappa shape index (κ3) is 7.31. The molecule has 0 aromatic heterocycles. The second-order valence-electron chi connectivity index (χ2n) is 7.79. The summed E-state index contributed by atoms with van der Waals surface area (Å²) in [5.74, 6) is -7.97. The number of halogens is 12. The molecule has 0 saturated heterocycles. The maximum absolute atomic E-state index is 14.9. The molecule has 3 nitrogen and oxygen atoms in total. The Morgan fingerprint density at radius 3 is 2.03 bits per heavy atom. The summed E-state index contributed by atoms with van der Waals surface area (Å²) in [5, 5.41) is -0.995. The van der Waals surface area contributed by atoms with Gasteiger partial charge in [-0.25, -0.2) is 13.2 Å². The van der Waals surface area contributed by atoms with Gasteiger partial charge in [0.15, 0.2) is 5.82 Å². The standard InChI is InChI=1S/C24H12Cl3F9N2O/c25-16-6-11(7-17(26)21(16)27)14(23(31,32)33)9-18(29)10-1-3-13(15(5-10)24(34,35)36)22(39)38-37-20-4-2-12(28)8-19(20)30/h1-9,14,37H,(H,38,39). The van der Waals surface area contributed by atoms with Crippen LogP contribution in [-0.4, -0.2) is 12.1 Å². The molecule has 1 atom stereocenters. The maximum atomic E-state index is 14.9. The van der Waals surface area contributed by atoms with Crippen LogP contribution in [0.2, 0.25) is 15.1 Å². The van der Waals surface area contributed by atoms with E-state index in [2.05, 4.69) is 0 Å². The fraction of sp³-hybridized carbons (Fsp3) is 0.125. The Morgan fingerprint density at radius 2 is 1.49 bits per heavy atom. The molecule has 3 rings (SSSR count). The van der Waals surface area contributed by atoms with Crippen molar-refractivity contribution in [2.24, 2.45) is 0 Å². The number of hydrogen-bond donors (Lipinski definition) is 2. The molecule has 3 aromatic carbocycles. The van der Waals surface area contributed by atoms with Crippen LogP contribution in [0.1, 0.15) is 33.0 Å². The summed E-state index contributed by atoms with van der Waals surface area (Å²) in [6.07, 6.45) is -10.4. The number of hydrazine groups is 1. The van der Waals surface area contributed by atoms with E-state index < -0.39 is 69.6 Å². The lowest BCUT2D eigenvalue weighted by molar-refractivity contribution is -0.140. The molecule has 0 saturated carbocycles. The van der Waals surface area contributed by atoms with Crippen LogP contribution in [0.25, 0.3) is 5.83 Å². The SMILES string of the molecule is O=C(NNc1ccc(F)cc1F)c1ccc(C(F)=CC(c2cc(Cl)c(Cl)c(Cl)c2)C(F)(F)F)cc1C(F)(F)F. The number of anilines is 1. The number of allylic oxidation sites excluding steroid dienone is 1. The fourth-order valence-electron chi connectivity index (χ4n) is 3.28. The summed E-state index contributed by atoms with van der Waals surface area (Å²) in [5.41, 5.74) is -1.07. The quantitative estimate of drug-likeness (QED) is 0.164. The van der Waals surface area contributed by atoms with Crippen molar-refractivity contribution >= 4 is 52.2 Å². The van der Waals surface area contributed by atoms with E-state index in [1.165, 1.54) is 0 Å². The first-order valence-electron chi connectivity index (χ1n) is 10.3. The Labute approximate surface area is 229 Å². The number of amides is 1. The lowest BCUT2D eigenvalue weighted by atomic mass is 9.95. The molecule has 208 valence electrons. The van der Waals surface area contributed by atoms with Gasteiger partial charge in [-0.15, -0.1) is 0 Å². The zero-order chi connectivity index (χ0) is 29.3. The van der Waals surface area contributed by atoms with Crippen LogP contribution in [-0.2, 0) is 6.18 Å². The zero-order valence-electron chi connectivity index (χ0n) is 18.7. The van der Waals surface area contributed by atoms with Gasteiger partial charge >= 0.3 is 12.4 Å². The summed E-state index contributed by atoms with van der Waals surface area (Å²) < 4.78 is 124. The fourth-order valence-corrected chi connectivity index (χ4v) is 3.90. The lowest BCUT2D eigenvalue weighted by Gasteiger charge is -2.19. The van der Waals surface area contributed by atoms with E-state index in [-0.39, 0.29) is 27.2 Å². The predicted molar refractivity (Wildman–Crippen MR) is 128 cm³/mol. The second kappa shape index (κ2) is 11.6. The van der Waals surface area contributed by atoms with Crippen LogP contribution in [0.15, 0.2) is 54.6 Å². The van der Waals surface area contributed by atoms with Crippen molar-refractivity contribution in [3.8, 4) is 0 Å². The number of rotatable bonds is 6. The minimum absolute atomic E-state index is 0.0179. The third-order valence-electron chi connectivity index (χ3n) is 5.12. The van der Waals surface area contributed by atoms with Gasteiger partial charge in [-0.05, 0) is 48.0 Å². The van der Waals surface area contributed by atoms with Gasteiger partial charge in [0.05, 0.1) is 31.9 Å². The molecule has 0 bridgehead atoms. The second-order valence-corrected chi connectivity index (χ2v) is 8.99. The van der Waals surface area contributed by atoms with Crippen molar-refractivity contribution in [2.75, 3.05) is 5.43 Å². The van der Waals surface area contributed by atoms with Crippen molar-refractivity contribution in [2.45, 2.75) is 18.3 Å². The molecule has 3 aromatic rings. The maximum Gasteiger partial charge on any atom is 0.417 e. The average Bonchev–Trinajstić information content (AvgIpc) is 2.83. The normalized spacial score (nSPS) is 13.3. The van der Waals surface area contributed by atoms with Crippen LogP contribution in [0.4, 0.5) is 45.2 Å². The van der Waals surface area contributed by atoms with Gasteiger partial charge < -0.3 is 0 Å². The van der Waals surface area contributed by atoms with Crippen molar-refractivity contribution in [3.05, 3.63) is 104 Å². The Morgan fingerprint density at radius 1 is 0.872 bits per heavy atom. The average molecular weight is 622 g/mol. The number of carbonyl (C=O) groups excluding carboxylic acids is 1. The molecule has 39 heavy (non-hydrogen) atoms. The van der Waals surface area contributed by atoms with Gasteiger partial charge in [0, 0.05) is 11.6 Å². The van der Waals surface area contributed by atoms with E-state index >= 15 is 0 Å². The van der Waals surface area contributed by atoms with Crippen molar-refractivity contribution in [1.82, 2.24) is 5.43 Å². The lowest BCUT2D eigenvalue weighted by Crippen LogP contribution is -2.31. The molecule has 2 N–H and O–H groups in total. The Hall–Kier alpha value is -3.09. The van der Waals surface area contributed by atoms with E-state index in [1.54, 1.807) is 5.43 Å². The van der Waals surface area contributed by atoms with Crippen LogP contribution in [0, 0.1) is 11.6 Å². The molecule has 0 aliphatic carbocycles. The topological polar surface area (TPSA) is 41.1 Å². The van der Waals surface area contributed by atoms with E-state index in [9.17, 15) is 44.3 Å². The molecule has 1 amide bonds. The van der Waals surface area contributed by atoms with Crippen LogP contribution in [0.3, 0.4) is 0 Å². The summed E-state index contributed by atoms with van der Waals surface area (Å²) >= 11 is 17.3. The van der Waals surface area contributed by atoms with Gasteiger partial charge in [0.25, 0.3) is 5.91 Å². The first-order valence-corrected chi connectivity index (χ1v) is 11.4. The number of carbonyl (C=O) groups is 1. The summed E-state index contributed by atoms with van der Waals surface area (Å²) in [6, 6.07) is 4.96. The monoisotopic (exact) mass is 620 g/mol. The van der Waals surface area contributed by atoms with Crippen molar-refractivity contribution in [1.29, 1.82) is 0 Å². The minimum atomic E-state index is -5.26. The largest absolute Gasteiger partial charge is 0.417 e. The number of nitrogens with one attached hydrogen (secondary N) is 2. The summed E-state index contributed by atoms with van der Waals surface area (Å²) in [4.78, 5) is 12.4. The highest BCUT2D eigenvalue weighted by Crippen LogP contribution is 2.42. The van der Waals surface area contributed by atoms with E-state index in [1.807, 2.05) is 5.43 Å². The van der Waals surface area contributed by atoms with Gasteiger partial charge in [0.1, 0.15) is 17.6 Å². The highest BCUT2D eigenvalue weighted by molar-refractivity contribution is 6.48. The highest BCUT2D eigenvalue weighted by Gasteiger charge is 2.41.